The Hall–Kier alpha value is -0.640. The number of alkyl halides is 1. The predicted molar refractivity (Wildman–Crippen MR) is 63.7 cm³/mol. The van der Waals surface area contributed by atoms with Crippen LogP contribution in [0.1, 0.15) is 40.5 Å². The van der Waals surface area contributed by atoms with Crippen molar-refractivity contribution in [3.63, 3.8) is 0 Å². The van der Waals surface area contributed by atoms with Crippen LogP contribution in [0.2, 0.25) is 0 Å². The van der Waals surface area contributed by atoms with E-state index in [0.717, 1.165) is 4.76 Å². The molecule has 5 heteroatoms. The molecule has 1 amide bonds. The fourth-order valence-electron chi connectivity index (χ4n) is 2.63. The molecular formula is C11H20ClN2O2+. The zero-order valence-electron chi connectivity index (χ0n) is 10.3. The molecule has 0 radical (unpaired) electrons. The topological polar surface area (TPSA) is 49.2 Å². The molecule has 92 valence electrons. The first-order valence-electron chi connectivity index (χ1n) is 5.52. The molecule has 0 aromatic rings. The molecule has 0 aromatic carbocycles. The molecular weight excluding hydrogens is 228 g/mol. The van der Waals surface area contributed by atoms with Crippen LogP contribution < -0.4 is 5.32 Å². The Labute approximate surface area is 101 Å². The quantitative estimate of drug-likeness (QED) is 0.598. The predicted octanol–water partition coefficient (Wildman–Crippen LogP) is 1.84. The molecule has 1 rings (SSSR count). The van der Waals surface area contributed by atoms with Crippen molar-refractivity contribution < 1.29 is 9.55 Å². The third-order valence-electron chi connectivity index (χ3n) is 3.08. The van der Waals surface area contributed by atoms with E-state index in [0.29, 0.717) is 12.8 Å². The van der Waals surface area contributed by atoms with Crippen LogP contribution in [0.4, 0.5) is 0 Å². The molecule has 0 aromatic heterocycles. The standard InChI is InChI=1S/C11H19ClN2O2/c1-10(2)5-8(13-9(15)7-12)6-11(3,4)14(10)16/h8H,5-7H2,1-4H3/p+1. The lowest BCUT2D eigenvalue weighted by Crippen LogP contribution is -2.59. The Balaban J connectivity index is 2.79. The lowest BCUT2D eigenvalue weighted by Gasteiger charge is -2.36. The molecule has 0 aliphatic carbocycles. The van der Waals surface area contributed by atoms with Crippen molar-refractivity contribution in [1.29, 1.82) is 0 Å². The second-order valence-electron chi connectivity index (χ2n) is 5.73. The number of rotatable bonds is 2. The summed E-state index contributed by atoms with van der Waals surface area (Å²) in [6.07, 6.45) is 1.31. The number of piperidine rings is 1. The van der Waals surface area contributed by atoms with Gasteiger partial charge >= 0.3 is 0 Å². The zero-order valence-corrected chi connectivity index (χ0v) is 11.1. The SMILES string of the molecule is CC1(C)CC(NC(=O)CCl)CC(C)(C)[N+]1=O. The Morgan fingerprint density at radius 2 is 1.75 bits per heavy atom. The molecule has 0 atom stereocenters. The van der Waals surface area contributed by atoms with E-state index in [4.69, 9.17) is 11.6 Å². The molecule has 0 bridgehead atoms. The largest absolute Gasteiger partial charge is 0.352 e. The number of hydrogen-bond acceptors (Lipinski definition) is 2. The van der Waals surface area contributed by atoms with Crippen molar-refractivity contribution in [2.75, 3.05) is 5.88 Å². The lowest BCUT2D eigenvalue weighted by molar-refractivity contribution is -0.693. The fraction of sp³-hybridized carbons (Fsp3) is 0.909. The summed E-state index contributed by atoms with van der Waals surface area (Å²) in [5, 5.41) is 2.86. The normalized spacial score (nSPS) is 24.2. The molecule has 0 unspecified atom stereocenters. The second kappa shape index (κ2) is 4.32. The van der Waals surface area contributed by atoms with Crippen molar-refractivity contribution in [2.45, 2.75) is 57.7 Å². The van der Waals surface area contributed by atoms with Crippen LogP contribution in [-0.2, 0) is 4.79 Å². The summed E-state index contributed by atoms with van der Waals surface area (Å²) in [7, 11) is 0. The van der Waals surface area contributed by atoms with Gasteiger partial charge in [0.15, 0.2) is 0 Å². The van der Waals surface area contributed by atoms with Gasteiger partial charge in [-0.15, -0.1) is 11.6 Å². The van der Waals surface area contributed by atoms with Gasteiger partial charge in [-0.05, 0) is 0 Å². The van der Waals surface area contributed by atoms with E-state index in [2.05, 4.69) is 5.32 Å². The van der Waals surface area contributed by atoms with Gasteiger partial charge in [0.05, 0.1) is 0 Å². The number of nitrogens with zero attached hydrogens (tertiary/aromatic N) is 1. The summed E-state index contributed by atoms with van der Waals surface area (Å²) < 4.78 is 1.14. The van der Waals surface area contributed by atoms with E-state index < -0.39 is 11.1 Å². The molecule has 16 heavy (non-hydrogen) atoms. The summed E-state index contributed by atoms with van der Waals surface area (Å²) in [4.78, 5) is 23.3. The highest BCUT2D eigenvalue weighted by atomic mass is 35.5. The minimum atomic E-state index is -0.452. The van der Waals surface area contributed by atoms with Crippen molar-refractivity contribution in [3.8, 4) is 0 Å². The number of carbonyl (C=O) groups is 1. The second-order valence-corrected chi connectivity index (χ2v) is 5.99. The monoisotopic (exact) mass is 247 g/mol. The van der Waals surface area contributed by atoms with E-state index >= 15 is 0 Å². The molecule has 1 aliphatic heterocycles. The van der Waals surface area contributed by atoms with Gasteiger partial charge in [0, 0.05) is 56.2 Å². The minimum Gasteiger partial charge on any atom is -0.352 e. The smallest absolute Gasteiger partial charge is 0.235 e. The third-order valence-corrected chi connectivity index (χ3v) is 3.32. The van der Waals surface area contributed by atoms with Crippen molar-refractivity contribution >= 4 is 17.5 Å². The maximum atomic E-state index is 12.0. The van der Waals surface area contributed by atoms with Gasteiger partial charge in [-0.3, -0.25) is 4.79 Å². The van der Waals surface area contributed by atoms with Crippen LogP contribution in [0.25, 0.3) is 0 Å². The number of nitroso groups, excluding NO2 is 1. The lowest BCUT2D eigenvalue weighted by atomic mass is 9.79. The minimum absolute atomic E-state index is 0.0291. The maximum absolute atomic E-state index is 12.0. The van der Waals surface area contributed by atoms with Crippen LogP contribution in [0.3, 0.4) is 0 Å². The number of nitrogens with one attached hydrogen (secondary N) is 1. The van der Waals surface area contributed by atoms with Gasteiger partial charge in [-0.1, -0.05) is 0 Å². The highest BCUT2D eigenvalue weighted by molar-refractivity contribution is 6.27. The highest BCUT2D eigenvalue weighted by Gasteiger charge is 2.53. The summed E-state index contributed by atoms with van der Waals surface area (Å²) in [6.45, 7) is 7.61. The highest BCUT2D eigenvalue weighted by Crippen LogP contribution is 2.34. The molecule has 1 N–H and O–H groups in total. The van der Waals surface area contributed by atoms with Gasteiger partial charge in [0.25, 0.3) is 0 Å². The van der Waals surface area contributed by atoms with E-state index in [1.165, 1.54) is 0 Å². The summed E-state index contributed by atoms with van der Waals surface area (Å²) in [6, 6.07) is 0.0291. The maximum Gasteiger partial charge on any atom is 0.235 e. The number of amides is 1. The number of carbonyl (C=O) groups excluding carboxylic acids is 1. The Bertz CT molecular complexity index is 293. The Morgan fingerprint density at radius 1 is 1.31 bits per heavy atom. The van der Waals surface area contributed by atoms with Gasteiger partial charge in [0.2, 0.25) is 17.0 Å². The molecule has 1 saturated heterocycles. The number of halogens is 1. The van der Waals surface area contributed by atoms with E-state index in [1.54, 1.807) is 0 Å². The molecule has 4 nitrogen and oxygen atoms in total. The van der Waals surface area contributed by atoms with Crippen LogP contribution in [-0.4, -0.2) is 33.7 Å². The van der Waals surface area contributed by atoms with Gasteiger partial charge < -0.3 is 5.32 Å². The van der Waals surface area contributed by atoms with Gasteiger partial charge in [-0.25, -0.2) is 0 Å². The average molecular weight is 248 g/mol. The van der Waals surface area contributed by atoms with Crippen molar-refractivity contribution in [2.24, 2.45) is 0 Å². The molecule has 0 saturated carbocycles. The zero-order chi connectivity index (χ0) is 12.6. The summed E-state index contributed by atoms with van der Waals surface area (Å²) in [5.74, 6) is -0.198. The molecule has 1 aliphatic rings. The first-order chi connectivity index (χ1) is 7.19. The summed E-state index contributed by atoms with van der Waals surface area (Å²) >= 11 is 5.46. The molecule has 1 heterocycles. The van der Waals surface area contributed by atoms with Crippen molar-refractivity contribution in [3.05, 3.63) is 4.91 Å². The average Bonchev–Trinajstić information content (AvgIpc) is 2.13. The van der Waals surface area contributed by atoms with Crippen LogP contribution in [0, 0.1) is 4.91 Å². The van der Waals surface area contributed by atoms with E-state index in [9.17, 15) is 9.70 Å². The van der Waals surface area contributed by atoms with E-state index in [1.807, 2.05) is 27.7 Å². The fourth-order valence-corrected chi connectivity index (χ4v) is 2.71. The first kappa shape index (κ1) is 13.4. The van der Waals surface area contributed by atoms with Crippen LogP contribution >= 0.6 is 11.6 Å². The van der Waals surface area contributed by atoms with Crippen molar-refractivity contribution in [1.82, 2.24) is 5.32 Å². The number of hydrogen-bond donors (Lipinski definition) is 1. The Morgan fingerprint density at radius 3 is 2.12 bits per heavy atom. The van der Waals surface area contributed by atoms with Gasteiger partial charge in [0.1, 0.15) is 5.88 Å². The van der Waals surface area contributed by atoms with Crippen LogP contribution in [0.15, 0.2) is 0 Å². The van der Waals surface area contributed by atoms with Gasteiger partial charge in [-0.2, -0.15) is 0 Å². The van der Waals surface area contributed by atoms with Crippen LogP contribution in [0.5, 0.6) is 0 Å². The molecule has 1 fully saturated rings. The Kier molecular flexibility index (Phi) is 3.62. The third kappa shape index (κ3) is 2.73. The molecule has 0 spiro atoms. The van der Waals surface area contributed by atoms with E-state index in [-0.39, 0.29) is 17.8 Å². The summed E-state index contributed by atoms with van der Waals surface area (Å²) in [5.41, 5.74) is -0.905. The first-order valence-corrected chi connectivity index (χ1v) is 6.05.